The van der Waals surface area contributed by atoms with Crippen molar-refractivity contribution >= 4 is 17.4 Å². The quantitative estimate of drug-likeness (QED) is 0.641. The molecular formula is C22H29N5O2. The predicted octanol–water partition coefficient (Wildman–Crippen LogP) is 3.19. The van der Waals surface area contributed by atoms with Crippen molar-refractivity contribution in [2.75, 3.05) is 37.4 Å². The van der Waals surface area contributed by atoms with E-state index in [-0.39, 0.29) is 21.9 Å². The molecule has 1 aliphatic rings. The number of pyridine rings is 2. The molecule has 1 aliphatic heterocycles. The monoisotopic (exact) mass is 395 g/mol. The molecule has 7 nitrogen and oxygen atoms in total. The molecule has 7 heteroatoms. The molecule has 154 valence electrons. The minimum absolute atomic E-state index is 0. The van der Waals surface area contributed by atoms with E-state index in [9.17, 15) is 4.79 Å². The average molecular weight is 396 g/mol. The SMILES string of the molecule is COc1ccccc1C1CN(c2cccc(C(=O)c3cccnc3N)n2)CCN1.[HH].[HH].[HH]. The number of nitrogens with two attached hydrogens (primary N) is 1. The van der Waals surface area contributed by atoms with Crippen LogP contribution in [0.15, 0.2) is 60.8 Å². The number of aromatic nitrogens is 2. The van der Waals surface area contributed by atoms with Crippen LogP contribution in [0.3, 0.4) is 0 Å². The molecule has 1 saturated heterocycles. The van der Waals surface area contributed by atoms with Crippen LogP contribution < -0.4 is 20.7 Å². The van der Waals surface area contributed by atoms with E-state index in [2.05, 4.69) is 26.3 Å². The molecule has 0 aliphatic carbocycles. The second kappa shape index (κ2) is 8.28. The number of hydrogen-bond acceptors (Lipinski definition) is 7. The first kappa shape index (κ1) is 18.9. The fourth-order valence-corrected chi connectivity index (χ4v) is 3.59. The van der Waals surface area contributed by atoms with Crippen molar-refractivity contribution in [2.45, 2.75) is 6.04 Å². The van der Waals surface area contributed by atoms with Crippen molar-refractivity contribution in [3.63, 3.8) is 0 Å². The molecule has 2 aromatic heterocycles. The van der Waals surface area contributed by atoms with Crippen molar-refractivity contribution in [1.29, 1.82) is 0 Å². The number of hydrogen-bond donors (Lipinski definition) is 2. The van der Waals surface area contributed by atoms with Crippen LogP contribution in [0, 0.1) is 0 Å². The summed E-state index contributed by atoms with van der Waals surface area (Å²) in [5, 5.41) is 3.54. The summed E-state index contributed by atoms with van der Waals surface area (Å²) >= 11 is 0. The zero-order valence-corrected chi connectivity index (χ0v) is 16.2. The molecule has 3 N–H and O–H groups in total. The Balaban J connectivity index is 0.00000171. The molecule has 4 rings (SSSR count). The summed E-state index contributed by atoms with van der Waals surface area (Å²) in [7, 11) is 1.68. The third-order valence-corrected chi connectivity index (χ3v) is 5.06. The maximum Gasteiger partial charge on any atom is 0.215 e. The van der Waals surface area contributed by atoms with Crippen molar-refractivity contribution in [3.8, 4) is 5.75 Å². The minimum atomic E-state index is -0.228. The molecule has 1 aromatic carbocycles. The summed E-state index contributed by atoms with van der Waals surface area (Å²) in [6.45, 7) is 2.32. The summed E-state index contributed by atoms with van der Waals surface area (Å²) in [5.41, 5.74) is 7.69. The third kappa shape index (κ3) is 3.90. The minimum Gasteiger partial charge on any atom is -0.496 e. The normalized spacial score (nSPS) is 16.4. The van der Waals surface area contributed by atoms with Gasteiger partial charge in [-0.15, -0.1) is 0 Å². The number of carbonyl (C=O) groups is 1. The van der Waals surface area contributed by atoms with Crippen LogP contribution in [0.25, 0.3) is 0 Å². The Morgan fingerprint density at radius 1 is 1.21 bits per heavy atom. The number of ketones is 1. The molecule has 1 atom stereocenters. The largest absolute Gasteiger partial charge is 0.496 e. The third-order valence-electron chi connectivity index (χ3n) is 5.06. The number of nitrogens with one attached hydrogen (secondary N) is 1. The zero-order valence-electron chi connectivity index (χ0n) is 16.2. The lowest BCUT2D eigenvalue weighted by molar-refractivity contribution is 0.103. The maximum atomic E-state index is 12.8. The van der Waals surface area contributed by atoms with Crippen molar-refractivity contribution < 1.29 is 13.8 Å². The zero-order chi connectivity index (χ0) is 20.2. The Labute approximate surface area is 174 Å². The van der Waals surface area contributed by atoms with Gasteiger partial charge in [-0.3, -0.25) is 4.79 Å². The van der Waals surface area contributed by atoms with Crippen LogP contribution in [-0.2, 0) is 0 Å². The van der Waals surface area contributed by atoms with E-state index in [1.165, 1.54) is 0 Å². The Bertz CT molecular complexity index is 1040. The number of methoxy groups -OCH3 is 1. The highest BCUT2D eigenvalue weighted by atomic mass is 16.5. The van der Waals surface area contributed by atoms with Gasteiger partial charge in [0.25, 0.3) is 0 Å². The van der Waals surface area contributed by atoms with E-state index in [0.29, 0.717) is 11.3 Å². The van der Waals surface area contributed by atoms with Gasteiger partial charge in [-0.05, 0) is 30.3 Å². The summed E-state index contributed by atoms with van der Waals surface area (Å²) in [5.74, 6) is 1.60. The van der Waals surface area contributed by atoms with E-state index < -0.39 is 0 Å². The standard InChI is InChI=1S/C22H23N5O2.3H2/c1-29-19-9-3-2-6-15(19)18-14-27(13-12-24-18)20-10-4-8-17(26-20)21(28)16-7-5-11-25-22(16)23;;;/h2-11,18,24H,12-14H2,1H3,(H2,23,25);3*1H. The molecular weight excluding hydrogens is 366 g/mol. The van der Waals surface area contributed by atoms with Crippen LogP contribution in [0.1, 0.15) is 31.9 Å². The lowest BCUT2D eigenvalue weighted by Crippen LogP contribution is -2.46. The highest BCUT2D eigenvalue weighted by molar-refractivity contribution is 6.10. The second-order valence-electron chi connectivity index (χ2n) is 6.84. The maximum absolute atomic E-state index is 12.8. The molecule has 3 aromatic rings. The van der Waals surface area contributed by atoms with Gasteiger partial charge in [0.2, 0.25) is 5.78 Å². The van der Waals surface area contributed by atoms with Crippen molar-refractivity contribution in [2.24, 2.45) is 0 Å². The number of piperazine rings is 1. The average Bonchev–Trinajstić information content (AvgIpc) is 2.79. The number of benzene rings is 1. The molecule has 0 saturated carbocycles. The molecule has 0 radical (unpaired) electrons. The topological polar surface area (TPSA) is 93.4 Å². The van der Waals surface area contributed by atoms with Crippen LogP contribution >= 0.6 is 0 Å². The van der Waals surface area contributed by atoms with E-state index >= 15 is 0 Å². The first-order valence-corrected chi connectivity index (χ1v) is 9.51. The predicted molar refractivity (Wildman–Crippen MR) is 119 cm³/mol. The lowest BCUT2D eigenvalue weighted by Gasteiger charge is -2.35. The first-order chi connectivity index (χ1) is 14.2. The number of anilines is 2. The van der Waals surface area contributed by atoms with Crippen molar-refractivity contribution in [3.05, 3.63) is 77.6 Å². The fourth-order valence-electron chi connectivity index (χ4n) is 3.59. The number of ether oxygens (including phenoxy) is 1. The summed E-state index contributed by atoms with van der Waals surface area (Å²) in [4.78, 5) is 23.6. The van der Waals surface area contributed by atoms with Gasteiger partial charge in [0.15, 0.2) is 0 Å². The van der Waals surface area contributed by atoms with Gasteiger partial charge in [0.05, 0.1) is 18.7 Å². The number of nitrogens with zero attached hydrogens (tertiary/aromatic N) is 3. The van der Waals surface area contributed by atoms with Crippen LogP contribution in [0.4, 0.5) is 11.6 Å². The second-order valence-corrected chi connectivity index (χ2v) is 6.84. The van der Waals surface area contributed by atoms with Gasteiger partial charge in [0, 0.05) is 35.7 Å². The van der Waals surface area contributed by atoms with Gasteiger partial charge in [-0.1, -0.05) is 24.3 Å². The molecule has 1 fully saturated rings. The van der Waals surface area contributed by atoms with Gasteiger partial charge in [0.1, 0.15) is 23.1 Å². The molecule has 0 spiro atoms. The number of carbonyl (C=O) groups excluding carboxylic acids is 1. The smallest absolute Gasteiger partial charge is 0.215 e. The van der Waals surface area contributed by atoms with Crippen LogP contribution in [-0.4, -0.2) is 42.5 Å². The number of para-hydroxylation sites is 1. The summed E-state index contributed by atoms with van der Waals surface area (Å²) < 4.78 is 5.51. The van der Waals surface area contributed by atoms with Gasteiger partial charge >= 0.3 is 0 Å². The Hall–Kier alpha value is -3.45. The first-order valence-electron chi connectivity index (χ1n) is 9.51. The molecule has 0 bridgehead atoms. The molecule has 3 heterocycles. The highest BCUT2D eigenvalue weighted by Crippen LogP contribution is 2.28. The van der Waals surface area contributed by atoms with Crippen molar-refractivity contribution in [1.82, 2.24) is 15.3 Å². The summed E-state index contributed by atoms with van der Waals surface area (Å²) in [6, 6.07) is 17.0. The van der Waals surface area contributed by atoms with Gasteiger partial charge < -0.3 is 20.7 Å². The van der Waals surface area contributed by atoms with E-state index in [4.69, 9.17) is 10.5 Å². The van der Waals surface area contributed by atoms with Gasteiger partial charge in [-0.25, -0.2) is 9.97 Å². The number of nitrogen functional groups attached to an aromatic ring is 1. The highest BCUT2D eigenvalue weighted by Gasteiger charge is 2.24. The lowest BCUT2D eigenvalue weighted by atomic mass is 10.0. The fraction of sp³-hybridized carbons (Fsp3) is 0.227. The van der Waals surface area contributed by atoms with E-state index in [1.54, 1.807) is 31.5 Å². The molecule has 0 amide bonds. The summed E-state index contributed by atoms with van der Waals surface area (Å²) in [6.07, 6.45) is 1.56. The Morgan fingerprint density at radius 3 is 2.90 bits per heavy atom. The van der Waals surface area contributed by atoms with E-state index in [1.807, 2.05) is 30.3 Å². The Morgan fingerprint density at radius 2 is 2.07 bits per heavy atom. The molecule has 29 heavy (non-hydrogen) atoms. The van der Waals surface area contributed by atoms with Crippen LogP contribution in [0.5, 0.6) is 5.75 Å². The van der Waals surface area contributed by atoms with E-state index in [0.717, 1.165) is 36.8 Å². The van der Waals surface area contributed by atoms with Gasteiger partial charge in [-0.2, -0.15) is 0 Å². The number of rotatable bonds is 5. The van der Waals surface area contributed by atoms with Crippen LogP contribution in [0.2, 0.25) is 0 Å². The Kier molecular flexibility index (Phi) is 5.39. The molecule has 1 unspecified atom stereocenters.